The van der Waals surface area contributed by atoms with Crippen LogP contribution >= 0.6 is 0 Å². The summed E-state index contributed by atoms with van der Waals surface area (Å²) in [6, 6.07) is 24.1. The Morgan fingerprint density at radius 3 is 2.32 bits per heavy atom. The van der Waals surface area contributed by atoms with E-state index in [4.69, 9.17) is 4.52 Å². The van der Waals surface area contributed by atoms with Crippen molar-refractivity contribution in [3.63, 3.8) is 0 Å². The van der Waals surface area contributed by atoms with Gasteiger partial charge in [-0.15, -0.1) is 0 Å². The zero-order chi connectivity index (χ0) is 19.3. The number of nitrogens with one attached hydrogen (secondary N) is 2. The summed E-state index contributed by atoms with van der Waals surface area (Å²) in [5.41, 5.74) is 4.13. The molecule has 0 atom stereocenters. The zero-order valence-corrected chi connectivity index (χ0v) is 15.2. The van der Waals surface area contributed by atoms with Crippen LogP contribution < -0.4 is 10.6 Å². The number of hydrogen-bond donors (Lipinski definition) is 2. The van der Waals surface area contributed by atoms with Crippen LogP contribution in [0.3, 0.4) is 0 Å². The number of benzene rings is 3. The van der Waals surface area contributed by atoms with Gasteiger partial charge in [-0.1, -0.05) is 53.2 Å². The second-order valence-corrected chi connectivity index (χ2v) is 6.32. The van der Waals surface area contributed by atoms with E-state index in [1.165, 1.54) is 0 Å². The van der Waals surface area contributed by atoms with Crippen LogP contribution in [0.4, 0.5) is 16.2 Å². The molecule has 4 aromatic rings. The average Bonchev–Trinajstić information content (AvgIpc) is 3.20. The average molecular weight is 370 g/mol. The predicted octanol–water partition coefficient (Wildman–Crippen LogP) is 5.36. The summed E-state index contributed by atoms with van der Waals surface area (Å²) in [6.45, 7) is 2.02. The molecule has 4 rings (SSSR count). The molecule has 28 heavy (non-hydrogen) atoms. The van der Waals surface area contributed by atoms with Gasteiger partial charge in [0.2, 0.25) is 5.82 Å². The van der Waals surface area contributed by atoms with Crippen LogP contribution in [0.1, 0.15) is 5.56 Å². The van der Waals surface area contributed by atoms with Crippen LogP contribution in [0.5, 0.6) is 0 Å². The molecule has 0 unspecified atom stereocenters. The number of nitrogens with zero attached hydrogens (tertiary/aromatic N) is 2. The number of rotatable bonds is 4. The third kappa shape index (κ3) is 4.07. The first-order valence-electron chi connectivity index (χ1n) is 8.82. The number of carbonyl (C=O) groups is 1. The van der Waals surface area contributed by atoms with E-state index >= 15 is 0 Å². The number of aromatic nitrogens is 2. The fraction of sp³-hybridized carbons (Fsp3) is 0.0455. The molecule has 6 heteroatoms. The molecule has 0 spiro atoms. The standard InChI is InChI=1S/C22H18N4O2/c1-15-10-12-16(13-11-15)21-25-20(26-28-21)17-6-5-9-19(14-17)24-22(27)23-18-7-3-2-4-8-18/h2-14H,1H3,(H2,23,24,27). The van der Waals surface area contributed by atoms with Crippen LogP contribution in [-0.4, -0.2) is 16.2 Å². The van der Waals surface area contributed by atoms with Gasteiger partial charge in [-0.25, -0.2) is 4.79 Å². The van der Waals surface area contributed by atoms with Crippen molar-refractivity contribution in [2.24, 2.45) is 0 Å². The zero-order valence-electron chi connectivity index (χ0n) is 15.2. The van der Waals surface area contributed by atoms with Crippen molar-refractivity contribution in [3.05, 3.63) is 84.4 Å². The first-order valence-corrected chi connectivity index (χ1v) is 8.82. The minimum absolute atomic E-state index is 0.322. The van der Waals surface area contributed by atoms with Gasteiger partial charge in [0.05, 0.1) is 0 Å². The van der Waals surface area contributed by atoms with E-state index in [1.54, 1.807) is 12.1 Å². The topological polar surface area (TPSA) is 80.0 Å². The molecule has 0 radical (unpaired) electrons. The van der Waals surface area contributed by atoms with Crippen molar-refractivity contribution < 1.29 is 9.32 Å². The van der Waals surface area contributed by atoms with E-state index in [9.17, 15) is 4.79 Å². The van der Waals surface area contributed by atoms with Crippen molar-refractivity contribution >= 4 is 17.4 Å². The smallest absolute Gasteiger partial charge is 0.323 e. The van der Waals surface area contributed by atoms with E-state index in [-0.39, 0.29) is 6.03 Å². The third-order valence-corrected chi connectivity index (χ3v) is 4.13. The molecule has 0 fully saturated rings. The molecular formula is C22H18N4O2. The molecule has 0 aliphatic heterocycles. The fourth-order valence-electron chi connectivity index (χ4n) is 2.71. The van der Waals surface area contributed by atoms with Gasteiger partial charge in [0.1, 0.15) is 0 Å². The lowest BCUT2D eigenvalue weighted by Gasteiger charge is -2.08. The molecule has 138 valence electrons. The molecule has 2 amide bonds. The maximum Gasteiger partial charge on any atom is 0.323 e. The van der Waals surface area contributed by atoms with Gasteiger partial charge < -0.3 is 15.2 Å². The maximum atomic E-state index is 12.2. The van der Waals surface area contributed by atoms with E-state index in [0.717, 1.165) is 22.4 Å². The molecule has 2 N–H and O–H groups in total. The largest absolute Gasteiger partial charge is 0.334 e. The molecule has 0 aliphatic carbocycles. The van der Waals surface area contributed by atoms with E-state index < -0.39 is 0 Å². The highest BCUT2D eigenvalue weighted by Gasteiger charge is 2.11. The van der Waals surface area contributed by atoms with Crippen LogP contribution in [0.15, 0.2) is 83.4 Å². The fourth-order valence-corrected chi connectivity index (χ4v) is 2.71. The minimum atomic E-state index is -0.322. The summed E-state index contributed by atoms with van der Waals surface area (Å²) in [5, 5.41) is 9.65. The highest BCUT2D eigenvalue weighted by atomic mass is 16.5. The Hall–Kier alpha value is -3.93. The van der Waals surface area contributed by atoms with Crippen molar-refractivity contribution in [2.45, 2.75) is 6.92 Å². The number of anilines is 2. The summed E-state index contributed by atoms with van der Waals surface area (Å²) >= 11 is 0. The van der Waals surface area contributed by atoms with Crippen LogP contribution in [0, 0.1) is 6.92 Å². The van der Waals surface area contributed by atoms with E-state index in [2.05, 4.69) is 20.8 Å². The van der Waals surface area contributed by atoms with Crippen LogP contribution in [0.2, 0.25) is 0 Å². The lowest BCUT2D eigenvalue weighted by atomic mass is 10.1. The number of carbonyl (C=O) groups excluding carboxylic acids is 1. The lowest BCUT2D eigenvalue weighted by molar-refractivity contribution is 0.262. The molecule has 1 heterocycles. The molecular weight excluding hydrogens is 352 g/mol. The SMILES string of the molecule is Cc1ccc(-c2nc(-c3cccc(NC(=O)Nc4ccccc4)c3)no2)cc1. The minimum Gasteiger partial charge on any atom is -0.334 e. The Kier molecular flexibility index (Phi) is 4.84. The highest BCUT2D eigenvalue weighted by Crippen LogP contribution is 2.24. The Morgan fingerprint density at radius 2 is 1.54 bits per heavy atom. The quantitative estimate of drug-likeness (QED) is 0.507. The van der Waals surface area contributed by atoms with Crippen molar-refractivity contribution in [1.29, 1.82) is 0 Å². The second-order valence-electron chi connectivity index (χ2n) is 6.32. The van der Waals surface area contributed by atoms with Gasteiger partial charge in [0.25, 0.3) is 5.89 Å². The summed E-state index contributed by atoms with van der Waals surface area (Å²) < 4.78 is 5.38. The molecule has 0 bridgehead atoms. The first kappa shape index (κ1) is 17.5. The number of para-hydroxylation sites is 1. The Balaban J connectivity index is 1.49. The summed E-state index contributed by atoms with van der Waals surface area (Å²) in [4.78, 5) is 16.6. The van der Waals surface area contributed by atoms with Gasteiger partial charge in [-0.2, -0.15) is 4.98 Å². The Labute approximate surface area is 162 Å². The van der Waals surface area contributed by atoms with E-state index in [1.807, 2.05) is 73.7 Å². The number of hydrogen-bond acceptors (Lipinski definition) is 4. The normalized spacial score (nSPS) is 10.5. The van der Waals surface area contributed by atoms with E-state index in [0.29, 0.717) is 17.4 Å². The number of urea groups is 1. The van der Waals surface area contributed by atoms with Crippen LogP contribution in [-0.2, 0) is 0 Å². The Morgan fingerprint density at radius 1 is 0.821 bits per heavy atom. The van der Waals surface area contributed by atoms with Crippen molar-refractivity contribution in [1.82, 2.24) is 10.1 Å². The van der Waals surface area contributed by atoms with Crippen molar-refractivity contribution in [3.8, 4) is 22.8 Å². The highest BCUT2D eigenvalue weighted by molar-refractivity contribution is 6.00. The first-order chi connectivity index (χ1) is 13.7. The molecule has 0 saturated carbocycles. The van der Waals surface area contributed by atoms with Crippen molar-refractivity contribution in [2.75, 3.05) is 10.6 Å². The second kappa shape index (κ2) is 7.75. The molecule has 0 aliphatic rings. The van der Waals surface area contributed by atoms with Gasteiger partial charge >= 0.3 is 6.03 Å². The van der Waals surface area contributed by atoms with Crippen LogP contribution in [0.25, 0.3) is 22.8 Å². The molecule has 6 nitrogen and oxygen atoms in total. The van der Waals surface area contributed by atoms with Gasteiger partial charge in [-0.3, -0.25) is 0 Å². The molecule has 1 aromatic heterocycles. The predicted molar refractivity (Wildman–Crippen MR) is 109 cm³/mol. The number of amides is 2. The number of aryl methyl sites for hydroxylation is 1. The maximum absolute atomic E-state index is 12.2. The summed E-state index contributed by atoms with van der Waals surface area (Å²) in [5.74, 6) is 0.915. The lowest BCUT2D eigenvalue weighted by Crippen LogP contribution is -2.19. The van der Waals surface area contributed by atoms with Gasteiger partial charge in [0.15, 0.2) is 0 Å². The monoisotopic (exact) mass is 370 g/mol. The summed E-state index contributed by atoms with van der Waals surface area (Å²) in [7, 11) is 0. The Bertz CT molecular complexity index is 1090. The molecule has 3 aromatic carbocycles. The molecule has 0 saturated heterocycles. The van der Waals surface area contributed by atoms with Gasteiger partial charge in [-0.05, 0) is 43.3 Å². The summed E-state index contributed by atoms with van der Waals surface area (Å²) in [6.07, 6.45) is 0. The third-order valence-electron chi connectivity index (χ3n) is 4.13. The van der Waals surface area contributed by atoms with Gasteiger partial charge in [0, 0.05) is 22.5 Å².